The maximum Gasteiger partial charge on any atom is 0.144 e. The Morgan fingerprint density at radius 3 is 2.58 bits per heavy atom. The molecule has 0 fully saturated rings. The van der Waals surface area contributed by atoms with E-state index in [-0.39, 0.29) is 5.75 Å². The van der Waals surface area contributed by atoms with Crippen LogP contribution < -0.4 is 5.32 Å². The molecule has 12 heavy (non-hydrogen) atoms. The van der Waals surface area contributed by atoms with Gasteiger partial charge in [-0.1, -0.05) is 18.2 Å². The molecule has 0 aliphatic heterocycles. The number of benzene rings is 1. The standard InChI is InChI=1S/C8H11NO2S/c1-9-8-5-3-2-4-7(8)6-12(10)11/h2-5,9,12H,6H2,1H3. The predicted molar refractivity (Wildman–Crippen MR) is 50.0 cm³/mol. The number of hydrogen-bond donors (Lipinski definition) is 2. The summed E-state index contributed by atoms with van der Waals surface area (Å²) < 4.78 is 20.9. The van der Waals surface area contributed by atoms with Crippen molar-refractivity contribution in [2.24, 2.45) is 0 Å². The minimum Gasteiger partial charge on any atom is -0.388 e. The Morgan fingerprint density at radius 2 is 2.00 bits per heavy atom. The molecule has 0 spiro atoms. The third-order valence-electron chi connectivity index (χ3n) is 1.59. The predicted octanol–water partition coefficient (Wildman–Crippen LogP) is 0.840. The highest BCUT2D eigenvalue weighted by atomic mass is 32.2. The van der Waals surface area contributed by atoms with Gasteiger partial charge in [0.05, 0.1) is 5.75 Å². The maximum atomic E-state index is 10.4. The Hall–Kier alpha value is -1.03. The van der Waals surface area contributed by atoms with Crippen molar-refractivity contribution in [3.05, 3.63) is 29.8 Å². The molecule has 66 valence electrons. The van der Waals surface area contributed by atoms with E-state index < -0.39 is 10.7 Å². The fourth-order valence-electron chi connectivity index (χ4n) is 1.04. The molecule has 0 heterocycles. The van der Waals surface area contributed by atoms with Crippen molar-refractivity contribution in [2.45, 2.75) is 5.75 Å². The van der Waals surface area contributed by atoms with Crippen LogP contribution in [0.3, 0.4) is 0 Å². The summed E-state index contributed by atoms with van der Waals surface area (Å²) in [6.07, 6.45) is 0. The van der Waals surface area contributed by atoms with E-state index in [1.54, 1.807) is 13.1 Å². The van der Waals surface area contributed by atoms with Crippen LogP contribution >= 0.6 is 0 Å². The van der Waals surface area contributed by atoms with E-state index in [1.165, 1.54) is 0 Å². The van der Waals surface area contributed by atoms with Gasteiger partial charge < -0.3 is 5.32 Å². The first-order valence-corrected chi connectivity index (χ1v) is 4.98. The molecule has 1 aromatic rings. The van der Waals surface area contributed by atoms with E-state index in [4.69, 9.17) is 0 Å². The van der Waals surface area contributed by atoms with Gasteiger partial charge in [-0.2, -0.15) is 0 Å². The lowest BCUT2D eigenvalue weighted by Crippen LogP contribution is -1.95. The summed E-state index contributed by atoms with van der Waals surface area (Å²) in [5.41, 5.74) is 1.69. The largest absolute Gasteiger partial charge is 0.388 e. The molecule has 0 aliphatic rings. The topological polar surface area (TPSA) is 46.2 Å². The summed E-state index contributed by atoms with van der Waals surface area (Å²) >= 11 is 0. The Balaban J connectivity index is 2.96. The smallest absolute Gasteiger partial charge is 0.144 e. The quantitative estimate of drug-likeness (QED) is 0.686. The number of thiol groups is 1. The molecular weight excluding hydrogens is 174 g/mol. The van der Waals surface area contributed by atoms with Gasteiger partial charge in [0.1, 0.15) is 10.7 Å². The SMILES string of the molecule is CNc1ccccc1C[SH](=O)=O. The lowest BCUT2D eigenvalue weighted by atomic mass is 10.2. The number of hydrogen-bond acceptors (Lipinski definition) is 3. The van der Waals surface area contributed by atoms with Gasteiger partial charge in [0.2, 0.25) is 0 Å². The normalized spacial score (nSPS) is 10.2. The number of rotatable bonds is 3. The van der Waals surface area contributed by atoms with Crippen LogP contribution in [0.1, 0.15) is 5.56 Å². The second kappa shape index (κ2) is 4.11. The highest BCUT2D eigenvalue weighted by molar-refractivity contribution is 7.71. The van der Waals surface area contributed by atoms with Crippen LogP contribution in [-0.4, -0.2) is 15.5 Å². The highest BCUT2D eigenvalue weighted by Gasteiger charge is 1.99. The molecular formula is C8H11NO2S. The molecule has 4 heteroatoms. The summed E-state index contributed by atoms with van der Waals surface area (Å²) in [5, 5.41) is 2.93. The highest BCUT2D eigenvalue weighted by Crippen LogP contribution is 2.14. The summed E-state index contributed by atoms with van der Waals surface area (Å²) in [7, 11) is -0.564. The third kappa shape index (κ3) is 2.23. The minimum atomic E-state index is -2.34. The number of nitrogens with one attached hydrogen (secondary N) is 1. The van der Waals surface area contributed by atoms with E-state index in [2.05, 4.69) is 5.32 Å². The van der Waals surface area contributed by atoms with Gasteiger partial charge in [-0.25, -0.2) is 8.42 Å². The van der Waals surface area contributed by atoms with E-state index >= 15 is 0 Å². The molecule has 1 aromatic carbocycles. The van der Waals surface area contributed by atoms with Crippen LogP contribution in [0.25, 0.3) is 0 Å². The lowest BCUT2D eigenvalue weighted by Gasteiger charge is -2.04. The fourth-order valence-corrected chi connectivity index (χ4v) is 1.60. The van der Waals surface area contributed by atoms with Gasteiger partial charge in [-0.15, -0.1) is 0 Å². The molecule has 3 nitrogen and oxygen atoms in total. The van der Waals surface area contributed by atoms with Gasteiger partial charge in [0.15, 0.2) is 0 Å². The number of anilines is 1. The van der Waals surface area contributed by atoms with Gasteiger partial charge in [-0.05, 0) is 11.6 Å². The van der Waals surface area contributed by atoms with Crippen molar-refractivity contribution in [1.29, 1.82) is 0 Å². The van der Waals surface area contributed by atoms with Crippen molar-refractivity contribution in [3.63, 3.8) is 0 Å². The molecule has 1 N–H and O–H groups in total. The van der Waals surface area contributed by atoms with Crippen LogP contribution in [0, 0.1) is 0 Å². The van der Waals surface area contributed by atoms with E-state index in [0.717, 1.165) is 11.3 Å². The van der Waals surface area contributed by atoms with Crippen molar-refractivity contribution < 1.29 is 8.42 Å². The van der Waals surface area contributed by atoms with E-state index in [0.29, 0.717) is 0 Å². The molecule has 0 atom stereocenters. The molecule has 0 amide bonds. The monoisotopic (exact) mass is 185 g/mol. The van der Waals surface area contributed by atoms with Crippen molar-refractivity contribution in [3.8, 4) is 0 Å². The van der Waals surface area contributed by atoms with Crippen LogP contribution in [0.15, 0.2) is 24.3 Å². The molecule has 0 saturated carbocycles. The van der Waals surface area contributed by atoms with Crippen LogP contribution in [-0.2, 0) is 16.5 Å². The van der Waals surface area contributed by atoms with Crippen molar-refractivity contribution >= 4 is 16.4 Å². The summed E-state index contributed by atoms with van der Waals surface area (Å²) in [5.74, 6) is 0.104. The van der Waals surface area contributed by atoms with Crippen LogP contribution in [0.4, 0.5) is 5.69 Å². The fraction of sp³-hybridized carbons (Fsp3) is 0.250. The van der Waals surface area contributed by atoms with Crippen molar-refractivity contribution in [2.75, 3.05) is 12.4 Å². The van der Waals surface area contributed by atoms with Gasteiger partial charge in [0, 0.05) is 12.7 Å². The summed E-state index contributed by atoms with van der Waals surface area (Å²) in [4.78, 5) is 0. The molecule has 0 bridgehead atoms. The second-order valence-corrected chi connectivity index (χ2v) is 3.38. The lowest BCUT2D eigenvalue weighted by molar-refractivity contribution is 0.614. The van der Waals surface area contributed by atoms with Gasteiger partial charge in [0.25, 0.3) is 0 Å². The zero-order chi connectivity index (χ0) is 8.97. The molecule has 0 aliphatic carbocycles. The Labute approximate surface area is 73.4 Å². The first-order chi connectivity index (χ1) is 5.74. The van der Waals surface area contributed by atoms with Crippen LogP contribution in [0.5, 0.6) is 0 Å². The minimum absolute atomic E-state index is 0.104. The van der Waals surface area contributed by atoms with Crippen molar-refractivity contribution in [1.82, 2.24) is 0 Å². The van der Waals surface area contributed by atoms with E-state index in [1.807, 2.05) is 18.2 Å². The van der Waals surface area contributed by atoms with Crippen LogP contribution in [0.2, 0.25) is 0 Å². The number of para-hydroxylation sites is 1. The first kappa shape index (κ1) is 9.06. The average Bonchev–Trinajstić information content (AvgIpc) is 2.04. The summed E-state index contributed by atoms with van der Waals surface area (Å²) in [6, 6.07) is 7.35. The second-order valence-electron chi connectivity index (χ2n) is 2.40. The maximum absolute atomic E-state index is 10.4. The zero-order valence-electron chi connectivity index (χ0n) is 6.78. The first-order valence-electron chi connectivity index (χ1n) is 3.61. The molecule has 0 radical (unpaired) electrons. The molecule has 0 aromatic heterocycles. The summed E-state index contributed by atoms with van der Waals surface area (Å²) in [6.45, 7) is 0. The third-order valence-corrected chi connectivity index (χ3v) is 2.19. The Morgan fingerprint density at radius 1 is 1.33 bits per heavy atom. The molecule has 0 saturated heterocycles. The van der Waals surface area contributed by atoms with Gasteiger partial charge >= 0.3 is 0 Å². The zero-order valence-corrected chi connectivity index (χ0v) is 7.67. The molecule has 0 unspecified atom stereocenters. The molecule has 1 rings (SSSR count). The Bertz CT molecular complexity index is 326. The Kier molecular flexibility index (Phi) is 3.10. The van der Waals surface area contributed by atoms with E-state index in [9.17, 15) is 8.42 Å². The van der Waals surface area contributed by atoms with Gasteiger partial charge in [-0.3, -0.25) is 0 Å². The average molecular weight is 185 g/mol.